The third-order valence-corrected chi connectivity index (χ3v) is 2.69. The molecule has 2 rings (SSSR count). The van der Waals surface area contributed by atoms with Crippen LogP contribution in [0.4, 0.5) is 0 Å². The van der Waals surface area contributed by atoms with Crippen molar-refractivity contribution in [3.63, 3.8) is 0 Å². The van der Waals surface area contributed by atoms with Gasteiger partial charge in [-0.25, -0.2) is 0 Å². The van der Waals surface area contributed by atoms with Crippen molar-refractivity contribution in [3.8, 4) is 6.07 Å². The van der Waals surface area contributed by atoms with Gasteiger partial charge in [0.25, 0.3) is 0 Å². The minimum absolute atomic E-state index is 0.164. The summed E-state index contributed by atoms with van der Waals surface area (Å²) < 4.78 is 1.99. The number of fused-ring (bicyclic) bond motifs is 1. The Kier molecular flexibility index (Phi) is 3.10. The van der Waals surface area contributed by atoms with E-state index >= 15 is 0 Å². The molecule has 0 bridgehead atoms. The number of carboxylic acid groups (broad SMARTS) is 1. The second-order valence-electron chi connectivity index (χ2n) is 3.89. The number of carbonyl (C=O) groups is 1. The molecule has 4 heteroatoms. The highest BCUT2D eigenvalue weighted by atomic mass is 16.4. The lowest BCUT2D eigenvalue weighted by atomic mass is 10.2. The van der Waals surface area contributed by atoms with Gasteiger partial charge in [-0.05, 0) is 30.0 Å². The van der Waals surface area contributed by atoms with Gasteiger partial charge in [-0.1, -0.05) is 6.07 Å². The Labute approximate surface area is 98.7 Å². The Hall–Kier alpha value is -2.28. The zero-order valence-corrected chi connectivity index (χ0v) is 9.26. The van der Waals surface area contributed by atoms with Gasteiger partial charge in [0.2, 0.25) is 0 Å². The molecule has 0 spiro atoms. The monoisotopic (exact) mass is 228 g/mol. The van der Waals surface area contributed by atoms with Crippen molar-refractivity contribution in [1.29, 1.82) is 5.26 Å². The van der Waals surface area contributed by atoms with E-state index in [-0.39, 0.29) is 6.42 Å². The normalized spacial score (nSPS) is 10.3. The molecule has 2 aromatic rings. The molecule has 0 saturated carbocycles. The van der Waals surface area contributed by atoms with Gasteiger partial charge in [0.1, 0.15) is 0 Å². The van der Waals surface area contributed by atoms with Crippen LogP contribution in [0.1, 0.15) is 18.4 Å². The van der Waals surface area contributed by atoms with E-state index in [1.807, 2.05) is 29.0 Å². The molecular formula is C13H12N2O2. The third-order valence-electron chi connectivity index (χ3n) is 2.69. The molecule has 0 atom stereocenters. The first-order chi connectivity index (χ1) is 8.20. The Morgan fingerprint density at radius 1 is 1.41 bits per heavy atom. The Morgan fingerprint density at radius 2 is 2.24 bits per heavy atom. The molecule has 0 saturated heterocycles. The predicted octanol–water partition coefficient (Wildman–Crippen LogP) is 2.38. The Morgan fingerprint density at radius 3 is 2.94 bits per heavy atom. The van der Waals surface area contributed by atoms with Gasteiger partial charge in [0.15, 0.2) is 0 Å². The van der Waals surface area contributed by atoms with E-state index in [0.717, 1.165) is 10.9 Å². The molecule has 0 amide bonds. The Balaban J connectivity index is 2.22. The summed E-state index contributed by atoms with van der Waals surface area (Å²) in [4.78, 5) is 10.4. The number of aromatic nitrogens is 1. The maximum absolute atomic E-state index is 10.4. The van der Waals surface area contributed by atoms with E-state index < -0.39 is 5.97 Å². The van der Waals surface area contributed by atoms with Crippen molar-refractivity contribution in [3.05, 3.63) is 36.0 Å². The second kappa shape index (κ2) is 4.71. The average Bonchev–Trinajstić information content (AvgIpc) is 2.71. The number of carboxylic acids is 1. The first-order valence-corrected chi connectivity index (χ1v) is 5.41. The van der Waals surface area contributed by atoms with Gasteiger partial charge in [0, 0.05) is 24.7 Å². The van der Waals surface area contributed by atoms with Crippen LogP contribution in [0.5, 0.6) is 0 Å². The highest BCUT2D eigenvalue weighted by molar-refractivity contribution is 5.81. The summed E-state index contributed by atoms with van der Waals surface area (Å²) in [6.45, 7) is 0.657. The van der Waals surface area contributed by atoms with E-state index in [0.29, 0.717) is 18.5 Å². The van der Waals surface area contributed by atoms with E-state index in [9.17, 15) is 4.79 Å². The third kappa shape index (κ3) is 2.45. The number of rotatable bonds is 4. The van der Waals surface area contributed by atoms with Gasteiger partial charge in [-0.2, -0.15) is 5.26 Å². The lowest BCUT2D eigenvalue weighted by Crippen LogP contribution is -2.00. The highest BCUT2D eigenvalue weighted by Crippen LogP contribution is 2.18. The van der Waals surface area contributed by atoms with E-state index in [1.165, 1.54) is 0 Å². The first-order valence-electron chi connectivity index (χ1n) is 5.41. The van der Waals surface area contributed by atoms with Gasteiger partial charge in [-0.15, -0.1) is 0 Å². The largest absolute Gasteiger partial charge is 0.481 e. The molecule has 17 heavy (non-hydrogen) atoms. The quantitative estimate of drug-likeness (QED) is 0.873. The Bertz CT molecular complexity index is 593. The van der Waals surface area contributed by atoms with E-state index in [4.69, 9.17) is 10.4 Å². The fourth-order valence-corrected chi connectivity index (χ4v) is 1.85. The molecule has 1 N–H and O–H groups in total. The molecule has 4 nitrogen and oxygen atoms in total. The summed E-state index contributed by atoms with van der Waals surface area (Å²) in [5, 5.41) is 18.5. The summed E-state index contributed by atoms with van der Waals surface area (Å²) in [5.74, 6) is -0.779. The van der Waals surface area contributed by atoms with Crippen LogP contribution in [0, 0.1) is 11.3 Å². The first kappa shape index (κ1) is 11.2. The van der Waals surface area contributed by atoms with Crippen molar-refractivity contribution in [2.45, 2.75) is 19.4 Å². The van der Waals surface area contributed by atoms with E-state index in [2.05, 4.69) is 6.07 Å². The maximum Gasteiger partial charge on any atom is 0.303 e. The zero-order valence-electron chi connectivity index (χ0n) is 9.26. The zero-order chi connectivity index (χ0) is 12.3. The van der Waals surface area contributed by atoms with Crippen molar-refractivity contribution < 1.29 is 9.90 Å². The van der Waals surface area contributed by atoms with Gasteiger partial charge in [0.05, 0.1) is 11.6 Å². The molecule has 0 radical (unpaired) electrons. The molecular weight excluding hydrogens is 216 g/mol. The number of aryl methyl sites for hydroxylation is 1. The fraction of sp³-hybridized carbons (Fsp3) is 0.231. The molecule has 0 aliphatic rings. The summed E-state index contributed by atoms with van der Waals surface area (Å²) in [6.07, 6.45) is 2.68. The van der Waals surface area contributed by atoms with Crippen LogP contribution in [-0.2, 0) is 11.3 Å². The number of hydrogen-bond acceptors (Lipinski definition) is 2. The van der Waals surface area contributed by atoms with Crippen LogP contribution in [0.15, 0.2) is 30.5 Å². The topological polar surface area (TPSA) is 66.0 Å². The molecule has 0 fully saturated rings. The molecule has 0 unspecified atom stereocenters. The number of nitrogens with zero attached hydrogens (tertiary/aromatic N) is 2. The highest BCUT2D eigenvalue weighted by Gasteiger charge is 2.03. The van der Waals surface area contributed by atoms with Gasteiger partial charge < -0.3 is 9.67 Å². The van der Waals surface area contributed by atoms with Crippen molar-refractivity contribution in [1.82, 2.24) is 4.57 Å². The van der Waals surface area contributed by atoms with Crippen LogP contribution in [0.25, 0.3) is 10.9 Å². The number of benzene rings is 1. The van der Waals surface area contributed by atoms with Gasteiger partial charge >= 0.3 is 5.97 Å². The molecule has 1 aromatic heterocycles. The molecule has 0 aliphatic heterocycles. The smallest absolute Gasteiger partial charge is 0.303 e. The van der Waals surface area contributed by atoms with Crippen molar-refractivity contribution in [2.75, 3.05) is 0 Å². The SMILES string of the molecule is N#Cc1ccc2ccn(CCCC(=O)O)c2c1. The molecule has 0 aliphatic carbocycles. The van der Waals surface area contributed by atoms with Crippen LogP contribution in [0.3, 0.4) is 0 Å². The van der Waals surface area contributed by atoms with Crippen LogP contribution < -0.4 is 0 Å². The summed E-state index contributed by atoms with van der Waals surface area (Å²) in [5.41, 5.74) is 1.60. The molecule has 86 valence electrons. The summed E-state index contributed by atoms with van der Waals surface area (Å²) >= 11 is 0. The van der Waals surface area contributed by atoms with E-state index in [1.54, 1.807) is 6.07 Å². The standard InChI is InChI=1S/C13H12N2O2/c14-9-10-3-4-11-5-7-15(12(11)8-10)6-1-2-13(16)17/h3-5,7-8H,1-2,6H2,(H,16,17). The average molecular weight is 228 g/mol. The minimum atomic E-state index is -0.779. The minimum Gasteiger partial charge on any atom is -0.481 e. The molecule has 1 aromatic carbocycles. The summed E-state index contributed by atoms with van der Waals surface area (Å²) in [6, 6.07) is 9.59. The lowest BCUT2D eigenvalue weighted by Gasteiger charge is -2.04. The van der Waals surface area contributed by atoms with Crippen molar-refractivity contribution >= 4 is 16.9 Å². The lowest BCUT2D eigenvalue weighted by molar-refractivity contribution is -0.137. The number of hydrogen-bond donors (Lipinski definition) is 1. The molecule has 1 heterocycles. The van der Waals surface area contributed by atoms with Crippen LogP contribution in [0.2, 0.25) is 0 Å². The number of nitriles is 1. The number of aliphatic carboxylic acids is 1. The van der Waals surface area contributed by atoms with Crippen LogP contribution >= 0.6 is 0 Å². The van der Waals surface area contributed by atoms with Gasteiger partial charge in [-0.3, -0.25) is 4.79 Å². The van der Waals surface area contributed by atoms with Crippen molar-refractivity contribution in [2.24, 2.45) is 0 Å². The second-order valence-corrected chi connectivity index (χ2v) is 3.89. The summed E-state index contributed by atoms with van der Waals surface area (Å²) in [7, 11) is 0. The maximum atomic E-state index is 10.4. The fourth-order valence-electron chi connectivity index (χ4n) is 1.85. The predicted molar refractivity (Wildman–Crippen MR) is 63.5 cm³/mol. The van der Waals surface area contributed by atoms with Crippen LogP contribution in [-0.4, -0.2) is 15.6 Å².